The minimum atomic E-state index is -4.61. The van der Waals surface area contributed by atoms with Gasteiger partial charge in [-0.25, -0.2) is 4.68 Å². The summed E-state index contributed by atoms with van der Waals surface area (Å²) in [6.45, 7) is -0.144. The topological polar surface area (TPSA) is 97.2 Å². The van der Waals surface area contributed by atoms with Crippen molar-refractivity contribution < 1.29 is 27.6 Å². The van der Waals surface area contributed by atoms with Gasteiger partial charge in [-0.15, -0.1) is 5.10 Å². The maximum absolute atomic E-state index is 13.2. The van der Waals surface area contributed by atoms with E-state index in [9.17, 15) is 27.6 Å². The lowest BCUT2D eigenvalue weighted by Gasteiger charge is -2.12. The maximum Gasteiger partial charge on any atom is 0.418 e. The molecule has 0 radical (unpaired) electrons. The summed E-state index contributed by atoms with van der Waals surface area (Å²) in [5.41, 5.74) is -0.633. The van der Waals surface area contributed by atoms with Crippen LogP contribution in [0.2, 0.25) is 0 Å². The normalized spacial score (nSPS) is 15.3. The third-order valence-electron chi connectivity index (χ3n) is 4.77. The summed E-state index contributed by atoms with van der Waals surface area (Å²) in [5.74, 6) is -1.18. The SMILES string of the molecule is O=C(NCCN1C(=O)S/C(=C\c2ccccc2)C1=O)c1cn(-c2ccccc2C(F)(F)F)nn1. The average Bonchev–Trinajstić information content (AvgIpc) is 3.40. The predicted octanol–water partition coefficient (Wildman–Crippen LogP) is 3.75. The van der Waals surface area contributed by atoms with E-state index in [1.165, 1.54) is 18.2 Å². The van der Waals surface area contributed by atoms with Crippen LogP contribution in [0, 0.1) is 0 Å². The third kappa shape index (κ3) is 5.01. The Morgan fingerprint density at radius 3 is 2.50 bits per heavy atom. The number of benzene rings is 2. The monoisotopic (exact) mass is 487 g/mol. The number of amides is 3. The first-order valence-corrected chi connectivity index (χ1v) is 10.7. The van der Waals surface area contributed by atoms with Crippen LogP contribution in [0.25, 0.3) is 11.8 Å². The molecule has 0 saturated carbocycles. The van der Waals surface area contributed by atoms with Crippen LogP contribution in [0.15, 0.2) is 65.7 Å². The Hall–Kier alpha value is -3.93. The van der Waals surface area contributed by atoms with E-state index < -0.39 is 28.8 Å². The second kappa shape index (κ2) is 9.51. The van der Waals surface area contributed by atoms with Crippen molar-refractivity contribution in [2.24, 2.45) is 0 Å². The second-order valence-electron chi connectivity index (χ2n) is 7.06. The summed E-state index contributed by atoms with van der Waals surface area (Å²) >= 11 is 0.804. The number of hydrogen-bond acceptors (Lipinski definition) is 6. The Morgan fingerprint density at radius 1 is 1.06 bits per heavy atom. The van der Waals surface area contributed by atoms with E-state index in [0.717, 1.165) is 39.2 Å². The van der Waals surface area contributed by atoms with Crippen molar-refractivity contribution in [1.82, 2.24) is 25.2 Å². The molecule has 1 aromatic heterocycles. The van der Waals surface area contributed by atoms with Gasteiger partial charge in [0.15, 0.2) is 5.69 Å². The summed E-state index contributed by atoms with van der Waals surface area (Å²) < 4.78 is 40.5. The number of halogens is 3. The number of imide groups is 1. The van der Waals surface area contributed by atoms with E-state index in [1.807, 2.05) is 18.2 Å². The van der Waals surface area contributed by atoms with Crippen LogP contribution in [0.3, 0.4) is 0 Å². The highest BCUT2D eigenvalue weighted by Gasteiger charge is 2.35. The zero-order valence-corrected chi connectivity index (χ0v) is 18.1. The Labute approximate surface area is 195 Å². The van der Waals surface area contributed by atoms with Crippen LogP contribution in [-0.2, 0) is 11.0 Å². The van der Waals surface area contributed by atoms with Crippen molar-refractivity contribution in [1.29, 1.82) is 0 Å². The smallest absolute Gasteiger partial charge is 0.349 e. The lowest BCUT2D eigenvalue weighted by molar-refractivity contribution is -0.137. The van der Waals surface area contributed by atoms with Crippen LogP contribution in [0.4, 0.5) is 18.0 Å². The molecule has 0 unspecified atom stereocenters. The molecule has 3 aromatic rings. The van der Waals surface area contributed by atoms with Gasteiger partial charge >= 0.3 is 6.18 Å². The zero-order valence-electron chi connectivity index (χ0n) is 17.3. The van der Waals surface area contributed by atoms with Gasteiger partial charge in [-0.3, -0.25) is 19.3 Å². The fourth-order valence-electron chi connectivity index (χ4n) is 3.16. The van der Waals surface area contributed by atoms with Crippen molar-refractivity contribution in [3.8, 4) is 5.69 Å². The van der Waals surface area contributed by atoms with E-state index in [1.54, 1.807) is 18.2 Å². The van der Waals surface area contributed by atoms with E-state index >= 15 is 0 Å². The highest BCUT2D eigenvalue weighted by molar-refractivity contribution is 8.18. The van der Waals surface area contributed by atoms with Gasteiger partial charge in [0.05, 0.1) is 22.4 Å². The highest BCUT2D eigenvalue weighted by Crippen LogP contribution is 2.33. The number of thioether (sulfide) groups is 1. The van der Waals surface area contributed by atoms with Crippen molar-refractivity contribution in [2.45, 2.75) is 6.18 Å². The van der Waals surface area contributed by atoms with Gasteiger partial charge < -0.3 is 5.32 Å². The summed E-state index contributed by atoms with van der Waals surface area (Å²) in [6.07, 6.45) is -1.92. The third-order valence-corrected chi connectivity index (χ3v) is 5.68. The van der Waals surface area contributed by atoms with Crippen LogP contribution < -0.4 is 5.32 Å². The number of hydrogen-bond donors (Lipinski definition) is 1. The molecule has 1 fully saturated rings. The van der Waals surface area contributed by atoms with Gasteiger partial charge in [-0.05, 0) is 35.5 Å². The molecule has 0 aliphatic carbocycles. The molecule has 34 heavy (non-hydrogen) atoms. The first-order chi connectivity index (χ1) is 16.2. The van der Waals surface area contributed by atoms with Crippen LogP contribution in [-0.4, -0.2) is 50.0 Å². The molecule has 2 heterocycles. The van der Waals surface area contributed by atoms with Crippen LogP contribution in [0.5, 0.6) is 0 Å². The first-order valence-electron chi connectivity index (χ1n) is 9.91. The number of carbonyl (C=O) groups excluding carboxylic acids is 3. The highest BCUT2D eigenvalue weighted by atomic mass is 32.2. The lowest BCUT2D eigenvalue weighted by atomic mass is 10.1. The fraction of sp³-hybridized carbons (Fsp3) is 0.136. The van der Waals surface area contributed by atoms with Crippen molar-refractivity contribution in [3.05, 3.63) is 82.5 Å². The summed E-state index contributed by atoms with van der Waals surface area (Å²) in [5, 5.41) is 9.27. The predicted molar refractivity (Wildman–Crippen MR) is 118 cm³/mol. The van der Waals surface area contributed by atoms with E-state index in [0.29, 0.717) is 0 Å². The standard InChI is InChI=1S/C22H16F3N5O3S/c23-22(24,25)15-8-4-5-9-17(15)30-13-16(27-28-30)19(31)26-10-11-29-20(32)18(34-21(29)33)12-14-6-2-1-3-7-14/h1-9,12-13H,10-11H2,(H,26,31)/b18-12-. The number of para-hydroxylation sites is 1. The molecule has 2 aromatic carbocycles. The molecular formula is C22H16F3N5O3S. The molecular weight excluding hydrogens is 471 g/mol. The quantitative estimate of drug-likeness (QED) is 0.532. The lowest BCUT2D eigenvalue weighted by Crippen LogP contribution is -2.37. The molecule has 4 rings (SSSR count). The minimum absolute atomic E-state index is 0.0680. The summed E-state index contributed by atoms with van der Waals surface area (Å²) in [7, 11) is 0. The maximum atomic E-state index is 13.2. The Morgan fingerprint density at radius 2 is 1.76 bits per heavy atom. The van der Waals surface area contributed by atoms with Gasteiger partial charge in [0.1, 0.15) is 0 Å². The van der Waals surface area contributed by atoms with E-state index in [-0.39, 0.29) is 29.4 Å². The minimum Gasteiger partial charge on any atom is -0.349 e. The van der Waals surface area contributed by atoms with Crippen LogP contribution >= 0.6 is 11.8 Å². The van der Waals surface area contributed by atoms with Gasteiger partial charge in [0.2, 0.25) is 0 Å². The molecule has 12 heteroatoms. The second-order valence-corrected chi connectivity index (χ2v) is 8.06. The fourth-order valence-corrected chi connectivity index (χ4v) is 4.03. The Balaban J connectivity index is 1.38. The number of carbonyl (C=O) groups is 3. The molecule has 3 amide bonds. The van der Waals surface area contributed by atoms with E-state index in [2.05, 4.69) is 15.6 Å². The molecule has 0 atom stereocenters. The Kier molecular flexibility index (Phi) is 6.50. The summed E-state index contributed by atoms with van der Waals surface area (Å²) in [4.78, 5) is 38.4. The van der Waals surface area contributed by atoms with E-state index in [4.69, 9.17) is 0 Å². The molecule has 8 nitrogen and oxygen atoms in total. The largest absolute Gasteiger partial charge is 0.418 e. The number of nitrogens with one attached hydrogen (secondary N) is 1. The molecule has 1 aliphatic heterocycles. The number of rotatable bonds is 6. The van der Waals surface area contributed by atoms with Gasteiger partial charge in [0, 0.05) is 13.1 Å². The first kappa shape index (κ1) is 23.2. The van der Waals surface area contributed by atoms with Crippen molar-refractivity contribution >= 4 is 34.9 Å². The number of aromatic nitrogens is 3. The van der Waals surface area contributed by atoms with Crippen LogP contribution in [0.1, 0.15) is 21.6 Å². The number of alkyl halides is 3. The summed E-state index contributed by atoms with van der Waals surface area (Å²) in [6, 6.07) is 13.8. The van der Waals surface area contributed by atoms with Gasteiger partial charge in [0.25, 0.3) is 17.1 Å². The molecule has 174 valence electrons. The van der Waals surface area contributed by atoms with Crippen molar-refractivity contribution in [2.75, 3.05) is 13.1 Å². The van der Waals surface area contributed by atoms with Gasteiger partial charge in [-0.2, -0.15) is 13.2 Å². The molecule has 1 saturated heterocycles. The molecule has 1 aliphatic rings. The number of nitrogens with zero attached hydrogens (tertiary/aromatic N) is 4. The average molecular weight is 487 g/mol. The Bertz CT molecular complexity index is 1270. The molecule has 0 spiro atoms. The zero-order chi connectivity index (χ0) is 24.3. The van der Waals surface area contributed by atoms with Crippen molar-refractivity contribution in [3.63, 3.8) is 0 Å². The molecule has 1 N–H and O–H groups in total. The molecule has 0 bridgehead atoms. The van der Waals surface area contributed by atoms with Gasteiger partial charge in [-0.1, -0.05) is 47.7 Å².